The number of hydrogen-bond acceptors (Lipinski definition) is 4. The van der Waals surface area contributed by atoms with E-state index in [9.17, 15) is 9.90 Å². The predicted octanol–water partition coefficient (Wildman–Crippen LogP) is -0.517. The molecule has 1 fully saturated rings. The third kappa shape index (κ3) is 2.40. The van der Waals surface area contributed by atoms with E-state index in [1.54, 1.807) is 0 Å². The lowest BCUT2D eigenvalue weighted by molar-refractivity contribution is -0.159. The van der Waals surface area contributed by atoms with Crippen molar-refractivity contribution in [1.29, 1.82) is 0 Å². The standard InChI is InChI=1S/C8H14O5/c1-12-6-4-13-3-2-5(6)7(9)8(10)11/h5-7,9H,2-4H2,1H3,(H,10,11). The molecule has 0 aliphatic carbocycles. The normalized spacial score (nSPS) is 31.2. The summed E-state index contributed by atoms with van der Waals surface area (Å²) in [7, 11) is 1.49. The van der Waals surface area contributed by atoms with Crippen LogP contribution in [0.1, 0.15) is 6.42 Å². The maximum Gasteiger partial charge on any atom is 0.332 e. The lowest BCUT2D eigenvalue weighted by Crippen LogP contribution is -2.44. The van der Waals surface area contributed by atoms with Gasteiger partial charge in [-0.1, -0.05) is 0 Å². The van der Waals surface area contributed by atoms with Gasteiger partial charge in [-0.15, -0.1) is 0 Å². The third-order valence-electron chi connectivity index (χ3n) is 2.32. The number of carboxylic acids is 1. The number of ether oxygens (including phenoxy) is 2. The van der Waals surface area contributed by atoms with E-state index in [4.69, 9.17) is 14.6 Å². The fourth-order valence-corrected chi connectivity index (χ4v) is 1.52. The number of aliphatic hydroxyl groups excluding tert-OH is 1. The highest BCUT2D eigenvalue weighted by molar-refractivity contribution is 5.72. The molecular formula is C8H14O5. The maximum atomic E-state index is 10.5. The zero-order valence-corrected chi connectivity index (χ0v) is 7.47. The van der Waals surface area contributed by atoms with Crippen molar-refractivity contribution in [1.82, 2.24) is 0 Å². The fraction of sp³-hybridized carbons (Fsp3) is 0.875. The molecule has 0 bridgehead atoms. The van der Waals surface area contributed by atoms with Gasteiger partial charge in [0.1, 0.15) is 0 Å². The molecule has 5 heteroatoms. The van der Waals surface area contributed by atoms with Crippen LogP contribution in [-0.4, -0.2) is 48.7 Å². The molecule has 5 nitrogen and oxygen atoms in total. The SMILES string of the molecule is COC1COCCC1C(O)C(=O)O. The van der Waals surface area contributed by atoms with Gasteiger partial charge < -0.3 is 19.7 Å². The van der Waals surface area contributed by atoms with Crippen molar-refractivity contribution in [3.8, 4) is 0 Å². The monoisotopic (exact) mass is 190 g/mol. The van der Waals surface area contributed by atoms with E-state index in [2.05, 4.69) is 0 Å². The summed E-state index contributed by atoms with van der Waals surface area (Å²) in [6.45, 7) is 0.834. The second-order valence-corrected chi connectivity index (χ2v) is 3.08. The Balaban J connectivity index is 2.58. The molecule has 1 aliphatic rings. The minimum Gasteiger partial charge on any atom is -0.479 e. The van der Waals surface area contributed by atoms with Gasteiger partial charge in [0.25, 0.3) is 0 Å². The quantitative estimate of drug-likeness (QED) is 0.626. The molecule has 3 atom stereocenters. The van der Waals surface area contributed by atoms with Crippen LogP contribution in [0.15, 0.2) is 0 Å². The summed E-state index contributed by atoms with van der Waals surface area (Å²) < 4.78 is 10.1. The number of aliphatic hydroxyl groups is 1. The van der Waals surface area contributed by atoms with Crippen LogP contribution >= 0.6 is 0 Å². The van der Waals surface area contributed by atoms with E-state index in [-0.39, 0.29) is 12.0 Å². The molecule has 0 radical (unpaired) electrons. The minimum absolute atomic E-state index is 0.320. The fourth-order valence-electron chi connectivity index (χ4n) is 1.52. The molecule has 3 unspecified atom stereocenters. The average Bonchev–Trinajstić information content (AvgIpc) is 2.16. The minimum atomic E-state index is -1.35. The van der Waals surface area contributed by atoms with E-state index in [0.717, 1.165) is 0 Å². The number of carboxylic acid groups (broad SMARTS) is 1. The molecule has 0 amide bonds. The maximum absolute atomic E-state index is 10.5. The Morgan fingerprint density at radius 3 is 2.92 bits per heavy atom. The van der Waals surface area contributed by atoms with Crippen molar-refractivity contribution in [2.45, 2.75) is 18.6 Å². The highest BCUT2D eigenvalue weighted by Gasteiger charge is 2.35. The molecule has 13 heavy (non-hydrogen) atoms. The summed E-state index contributed by atoms with van der Waals surface area (Å²) in [4.78, 5) is 10.5. The molecule has 1 saturated heterocycles. The summed E-state index contributed by atoms with van der Waals surface area (Å²) >= 11 is 0. The Hall–Kier alpha value is -0.650. The Labute approximate surface area is 76.3 Å². The van der Waals surface area contributed by atoms with Gasteiger partial charge in [-0.3, -0.25) is 0 Å². The first-order valence-corrected chi connectivity index (χ1v) is 4.18. The van der Waals surface area contributed by atoms with Crippen LogP contribution in [0.4, 0.5) is 0 Å². The van der Waals surface area contributed by atoms with Crippen molar-refractivity contribution >= 4 is 5.97 Å². The number of hydrogen-bond donors (Lipinski definition) is 2. The molecule has 0 aromatic carbocycles. The number of carbonyl (C=O) groups is 1. The van der Waals surface area contributed by atoms with Crippen molar-refractivity contribution in [3.05, 3.63) is 0 Å². The average molecular weight is 190 g/mol. The van der Waals surface area contributed by atoms with Crippen molar-refractivity contribution in [2.24, 2.45) is 5.92 Å². The number of methoxy groups -OCH3 is 1. The van der Waals surface area contributed by atoms with Crippen molar-refractivity contribution in [2.75, 3.05) is 20.3 Å². The van der Waals surface area contributed by atoms with Gasteiger partial charge >= 0.3 is 5.97 Å². The second kappa shape index (κ2) is 4.55. The Kier molecular flexibility index (Phi) is 3.65. The molecular weight excluding hydrogens is 176 g/mol. The van der Waals surface area contributed by atoms with E-state index in [1.807, 2.05) is 0 Å². The first-order valence-electron chi connectivity index (χ1n) is 4.18. The molecule has 0 aromatic rings. The van der Waals surface area contributed by atoms with Crippen LogP contribution in [0.25, 0.3) is 0 Å². The summed E-state index contributed by atoms with van der Waals surface area (Å²) in [5.74, 6) is -1.56. The molecule has 1 heterocycles. The first-order chi connectivity index (χ1) is 6.16. The van der Waals surface area contributed by atoms with E-state index < -0.39 is 12.1 Å². The largest absolute Gasteiger partial charge is 0.479 e. The van der Waals surface area contributed by atoms with Gasteiger partial charge in [-0.25, -0.2) is 4.79 Å². The second-order valence-electron chi connectivity index (χ2n) is 3.08. The van der Waals surface area contributed by atoms with E-state index >= 15 is 0 Å². The van der Waals surface area contributed by atoms with Gasteiger partial charge in [-0.05, 0) is 6.42 Å². The van der Waals surface area contributed by atoms with Gasteiger partial charge in [0.15, 0.2) is 6.10 Å². The third-order valence-corrected chi connectivity index (χ3v) is 2.32. The Bertz CT molecular complexity index is 181. The molecule has 1 rings (SSSR count). The summed E-state index contributed by atoms with van der Waals surface area (Å²) in [5, 5.41) is 17.9. The number of aliphatic carboxylic acids is 1. The summed E-state index contributed by atoms with van der Waals surface area (Å²) in [6.07, 6.45) is -1.15. The Morgan fingerprint density at radius 2 is 2.38 bits per heavy atom. The van der Waals surface area contributed by atoms with Crippen molar-refractivity contribution in [3.63, 3.8) is 0 Å². The first kappa shape index (κ1) is 10.4. The van der Waals surface area contributed by atoms with Gasteiger partial charge in [0.05, 0.1) is 12.7 Å². The molecule has 76 valence electrons. The molecule has 0 spiro atoms. The molecule has 0 aromatic heterocycles. The van der Waals surface area contributed by atoms with Crippen LogP contribution in [-0.2, 0) is 14.3 Å². The van der Waals surface area contributed by atoms with Gasteiger partial charge in [0.2, 0.25) is 0 Å². The molecule has 1 aliphatic heterocycles. The highest BCUT2D eigenvalue weighted by atomic mass is 16.5. The van der Waals surface area contributed by atoms with Crippen LogP contribution < -0.4 is 0 Å². The Morgan fingerprint density at radius 1 is 1.69 bits per heavy atom. The van der Waals surface area contributed by atoms with Crippen LogP contribution in [0.5, 0.6) is 0 Å². The van der Waals surface area contributed by atoms with E-state index in [0.29, 0.717) is 19.6 Å². The van der Waals surface area contributed by atoms with Crippen LogP contribution in [0.3, 0.4) is 0 Å². The van der Waals surface area contributed by atoms with Crippen LogP contribution in [0, 0.1) is 5.92 Å². The highest BCUT2D eigenvalue weighted by Crippen LogP contribution is 2.21. The van der Waals surface area contributed by atoms with Crippen molar-refractivity contribution < 1.29 is 24.5 Å². The molecule has 2 N–H and O–H groups in total. The predicted molar refractivity (Wildman–Crippen MR) is 43.4 cm³/mol. The smallest absolute Gasteiger partial charge is 0.332 e. The van der Waals surface area contributed by atoms with Gasteiger partial charge in [0, 0.05) is 19.6 Å². The number of rotatable bonds is 3. The summed E-state index contributed by atoms with van der Waals surface area (Å²) in [6, 6.07) is 0. The zero-order valence-electron chi connectivity index (χ0n) is 7.47. The van der Waals surface area contributed by atoms with Crippen LogP contribution in [0.2, 0.25) is 0 Å². The molecule has 0 saturated carbocycles. The lowest BCUT2D eigenvalue weighted by Gasteiger charge is -2.31. The lowest BCUT2D eigenvalue weighted by atomic mass is 9.91. The van der Waals surface area contributed by atoms with Gasteiger partial charge in [-0.2, -0.15) is 0 Å². The summed E-state index contributed by atoms with van der Waals surface area (Å²) in [5.41, 5.74) is 0. The zero-order chi connectivity index (χ0) is 9.84. The van der Waals surface area contributed by atoms with E-state index in [1.165, 1.54) is 7.11 Å². The topological polar surface area (TPSA) is 76.0 Å².